The molecule has 1 aliphatic rings. The molecule has 1 atom stereocenters. The smallest absolute Gasteiger partial charge is 0.312 e. The van der Waals surface area contributed by atoms with Crippen LogP contribution < -0.4 is 16.6 Å². The first-order valence-corrected chi connectivity index (χ1v) is 5.69. The van der Waals surface area contributed by atoms with Crippen LogP contribution in [0.15, 0.2) is 20.3 Å². The molecule has 1 aliphatic heterocycles. The Kier molecular flexibility index (Phi) is 3.06. The number of aromatic nitrogens is 2. The molecular formula is C9H12BrN3O2. The molecule has 0 aromatic carbocycles. The highest BCUT2D eigenvalue weighted by Gasteiger charge is 2.15. The van der Waals surface area contributed by atoms with Crippen LogP contribution in [0.3, 0.4) is 0 Å². The van der Waals surface area contributed by atoms with Crippen LogP contribution in [-0.4, -0.2) is 22.1 Å². The predicted molar refractivity (Wildman–Crippen MR) is 60.0 cm³/mol. The highest BCUT2D eigenvalue weighted by Crippen LogP contribution is 2.07. The van der Waals surface area contributed by atoms with Crippen molar-refractivity contribution in [3.8, 4) is 0 Å². The zero-order chi connectivity index (χ0) is 10.8. The lowest BCUT2D eigenvalue weighted by Crippen LogP contribution is -2.36. The van der Waals surface area contributed by atoms with Crippen LogP contribution in [0.4, 0.5) is 0 Å². The van der Waals surface area contributed by atoms with Crippen molar-refractivity contribution in [2.75, 3.05) is 6.54 Å². The van der Waals surface area contributed by atoms with Crippen molar-refractivity contribution in [3.05, 3.63) is 31.5 Å². The van der Waals surface area contributed by atoms with E-state index in [1.54, 1.807) is 6.20 Å². The topological polar surface area (TPSA) is 66.9 Å². The van der Waals surface area contributed by atoms with Crippen molar-refractivity contribution in [3.63, 3.8) is 0 Å². The molecule has 1 saturated heterocycles. The zero-order valence-electron chi connectivity index (χ0n) is 8.12. The van der Waals surface area contributed by atoms with Gasteiger partial charge in [0.05, 0.1) is 4.47 Å². The van der Waals surface area contributed by atoms with Crippen LogP contribution in [0, 0.1) is 0 Å². The summed E-state index contributed by atoms with van der Waals surface area (Å²) in [5.41, 5.74) is -0.729. The summed E-state index contributed by atoms with van der Waals surface area (Å²) in [6.45, 7) is 1.61. The minimum atomic E-state index is -0.379. The molecule has 0 saturated carbocycles. The fraction of sp³-hybridized carbons (Fsp3) is 0.556. The first kappa shape index (κ1) is 10.6. The summed E-state index contributed by atoms with van der Waals surface area (Å²) in [5.74, 6) is 0. The molecular weight excluding hydrogens is 262 g/mol. The minimum absolute atomic E-state index is 0.334. The predicted octanol–water partition coefficient (Wildman–Crippen LogP) is 0.0511. The van der Waals surface area contributed by atoms with Crippen molar-refractivity contribution >= 4 is 15.9 Å². The Morgan fingerprint density at radius 2 is 2.33 bits per heavy atom. The van der Waals surface area contributed by atoms with Crippen molar-refractivity contribution in [2.45, 2.75) is 25.4 Å². The second-order valence-electron chi connectivity index (χ2n) is 3.68. The number of hydrogen-bond donors (Lipinski definition) is 2. The van der Waals surface area contributed by atoms with Crippen LogP contribution in [0.5, 0.6) is 0 Å². The Labute approximate surface area is 94.6 Å². The number of halogens is 1. The van der Waals surface area contributed by atoms with E-state index in [2.05, 4.69) is 26.2 Å². The lowest BCUT2D eigenvalue weighted by molar-refractivity contribution is 0.491. The normalized spacial score (nSPS) is 20.7. The Morgan fingerprint density at radius 1 is 1.53 bits per heavy atom. The highest BCUT2D eigenvalue weighted by atomic mass is 79.9. The second kappa shape index (κ2) is 4.32. The van der Waals surface area contributed by atoms with Gasteiger partial charge in [-0.2, -0.15) is 0 Å². The lowest BCUT2D eigenvalue weighted by Gasteiger charge is -2.11. The average molecular weight is 274 g/mol. The van der Waals surface area contributed by atoms with E-state index in [4.69, 9.17) is 0 Å². The summed E-state index contributed by atoms with van der Waals surface area (Å²) in [6.07, 6.45) is 3.76. The first-order chi connectivity index (χ1) is 7.16. The largest absolute Gasteiger partial charge is 0.328 e. The molecule has 82 valence electrons. The van der Waals surface area contributed by atoms with Gasteiger partial charge in [-0.05, 0) is 35.3 Å². The van der Waals surface area contributed by atoms with Crippen LogP contribution in [-0.2, 0) is 6.54 Å². The molecule has 6 heteroatoms. The van der Waals surface area contributed by atoms with E-state index in [0.717, 1.165) is 19.4 Å². The van der Waals surface area contributed by atoms with Gasteiger partial charge in [0.25, 0.3) is 5.56 Å². The third-order valence-corrected chi connectivity index (χ3v) is 3.11. The SMILES string of the molecule is O=c1[nH]c(=O)n(CC2CCCN2)cc1Br. The zero-order valence-corrected chi connectivity index (χ0v) is 9.71. The number of H-pyrrole nitrogens is 1. The van der Waals surface area contributed by atoms with Crippen LogP contribution in [0.25, 0.3) is 0 Å². The van der Waals surface area contributed by atoms with Gasteiger partial charge in [-0.3, -0.25) is 14.3 Å². The monoisotopic (exact) mass is 273 g/mol. The lowest BCUT2D eigenvalue weighted by atomic mass is 10.2. The molecule has 5 nitrogen and oxygen atoms in total. The summed E-state index contributed by atoms with van der Waals surface area (Å²) >= 11 is 3.11. The van der Waals surface area contributed by atoms with Crippen molar-refractivity contribution in [2.24, 2.45) is 0 Å². The molecule has 2 N–H and O–H groups in total. The van der Waals surface area contributed by atoms with Crippen molar-refractivity contribution in [1.29, 1.82) is 0 Å². The van der Waals surface area contributed by atoms with Gasteiger partial charge < -0.3 is 5.32 Å². The van der Waals surface area contributed by atoms with E-state index in [9.17, 15) is 9.59 Å². The molecule has 1 aromatic rings. The maximum absolute atomic E-state index is 11.4. The van der Waals surface area contributed by atoms with Gasteiger partial charge in [-0.1, -0.05) is 0 Å². The van der Waals surface area contributed by atoms with Gasteiger partial charge >= 0.3 is 5.69 Å². The molecule has 0 bridgehead atoms. The summed E-state index contributed by atoms with van der Waals surface area (Å²) < 4.78 is 1.91. The fourth-order valence-corrected chi connectivity index (χ4v) is 2.11. The van der Waals surface area contributed by atoms with E-state index >= 15 is 0 Å². The van der Waals surface area contributed by atoms with Gasteiger partial charge in [-0.25, -0.2) is 4.79 Å². The van der Waals surface area contributed by atoms with E-state index in [1.807, 2.05) is 0 Å². The van der Waals surface area contributed by atoms with E-state index in [0.29, 0.717) is 17.1 Å². The Morgan fingerprint density at radius 3 is 3.00 bits per heavy atom. The highest BCUT2D eigenvalue weighted by molar-refractivity contribution is 9.10. The molecule has 1 unspecified atom stereocenters. The molecule has 15 heavy (non-hydrogen) atoms. The maximum Gasteiger partial charge on any atom is 0.328 e. The molecule has 1 aromatic heterocycles. The molecule has 1 fully saturated rings. The Balaban J connectivity index is 2.24. The number of nitrogens with zero attached hydrogens (tertiary/aromatic N) is 1. The maximum atomic E-state index is 11.4. The van der Waals surface area contributed by atoms with E-state index < -0.39 is 0 Å². The molecule has 2 heterocycles. The van der Waals surface area contributed by atoms with E-state index in [1.165, 1.54) is 4.57 Å². The quantitative estimate of drug-likeness (QED) is 0.801. The number of rotatable bonds is 2. The number of aromatic amines is 1. The Bertz CT molecular complexity index is 459. The summed E-state index contributed by atoms with van der Waals surface area (Å²) in [4.78, 5) is 24.8. The van der Waals surface area contributed by atoms with Gasteiger partial charge in [0.2, 0.25) is 0 Å². The van der Waals surface area contributed by atoms with Gasteiger partial charge in [0.1, 0.15) is 0 Å². The fourth-order valence-electron chi connectivity index (χ4n) is 1.77. The molecule has 0 aliphatic carbocycles. The van der Waals surface area contributed by atoms with Gasteiger partial charge in [0, 0.05) is 18.8 Å². The standard InChI is InChI=1S/C9H12BrN3O2/c10-7-5-13(9(15)12-8(7)14)4-6-2-1-3-11-6/h5-6,11H,1-4H2,(H,12,14,15). The van der Waals surface area contributed by atoms with Crippen LogP contribution in [0.2, 0.25) is 0 Å². The first-order valence-electron chi connectivity index (χ1n) is 4.89. The van der Waals surface area contributed by atoms with Crippen LogP contribution in [0.1, 0.15) is 12.8 Å². The van der Waals surface area contributed by atoms with E-state index in [-0.39, 0.29) is 11.2 Å². The molecule has 0 amide bonds. The minimum Gasteiger partial charge on any atom is -0.312 e. The summed E-state index contributed by atoms with van der Waals surface area (Å²) in [6, 6.07) is 0.334. The van der Waals surface area contributed by atoms with Gasteiger partial charge in [-0.15, -0.1) is 0 Å². The van der Waals surface area contributed by atoms with Gasteiger partial charge in [0.15, 0.2) is 0 Å². The summed E-state index contributed by atoms with van der Waals surface area (Å²) in [7, 11) is 0. The second-order valence-corrected chi connectivity index (χ2v) is 4.54. The van der Waals surface area contributed by atoms with Crippen LogP contribution >= 0.6 is 15.9 Å². The average Bonchev–Trinajstić information content (AvgIpc) is 2.67. The third kappa shape index (κ3) is 2.38. The van der Waals surface area contributed by atoms with Crippen molar-refractivity contribution in [1.82, 2.24) is 14.9 Å². The summed E-state index contributed by atoms with van der Waals surface area (Å²) in [5, 5.41) is 3.30. The molecule has 0 spiro atoms. The third-order valence-electron chi connectivity index (χ3n) is 2.55. The number of nitrogens with one attached hydrogen (secondary N) is 2. The Hall–Kier alpha value is -0.880. The van der Waals surface area contributed by atoms with Crippen molar-refractivity contribution < 1.29 is 0 Å². The molecule has 0 radical (unpaired) electrons. The molecule has 2 rings (SSSR count). The number of hydrogen-bond acceptors (Lipinski definition) is 3.